The van der Waals surface area contributed by atoms with Gasteiger partial charge in [0.25, 0.3) is 5.71 Å². The molecule has 5 rings (SSSR count). The third-order valence-electron chi connectivity index (χ3n) is 6.73. The van der Waals surface area contributed by atoms with Gasteiger partial charge < -0.3 is 19.5 Å². The Kier molecular flexibility index (Phi) is 5.92. The van der Waals surface area contributed by atoms with Crippen LogP contribution < -0.4 is 15.0 Å². The average Bonchev–Trinajstić information content (AvgIpc) is 3.29. The first-order valence-electron chi connectivity index (χ1n) is 11.5. The highest BCUT2D eigenvalue weighted by Crippen LogP contribution is 2.35. The number of ether oxygens (including phenoxy) is 1. The Morgan fingerprint density at radius 2 is 1.81 bits per heavy atom. The minimum Gasteiger partial charge on any atom is -0.497 e. The molecule has 0 unspecified atom stereocenters. The lowest BCUT2D eigenvalue weighted by atomic mass is 9.92. The van der Waals surface area contributed by atoms with Gasteiger partial charge in [-0.05, 0) is 49.9 Å². The summed E-state index contributed by atoms with van der Waals surface area (Å²) in [7, 11) is 1.64. The summed E-state index contributed by atoms with van der Waals surface area (Å²) in [6, 6.07) is 8.06. The molecule has 3 heterocycles. The number of carbonyl (C=O) groups is 1. The van der Waals surface area contributed by atoms with Gasteiger partial charge in [-0.3, -0.25) is 4.79 Å². The van der Waals surface area contributed by atoms with Crippen molar-refractivity contribution in [3.05, 3.63) is 30.6 Å². The van der Waals surface area contributed by atoms with Crippen molar-refractivity contribution in [1.29, 1.82) is 0 Å². The predicted molar refractivity (Wildman–Crippen MR) is 122 cm³/mol. The van der Waals surface area contributed by atoms with Crippen LogP contribution in [0.1, 0.15) is 44.9 Å². The van der Waals surface area contributed by atoms with Crippen molar-refractivity contribution in [2.45, 2.75) is 51.0 Å². The van der Waals surface area contributed by atoms with Gasteiger partial charge in [-0.1, -0.05) is 24.4 Å². The summed E-state index contributed by atoms with van der Waals surface area (Å²) in [5.74, 6) is 1.88. The van der Waals surface area contributed by atoms with Gasteiger partial charge in [0.05, 0.1) is 7.11 Å². The average molecular weight is 436 g/mol. The van der Waals surface area contributed by atoms with Crippen LogP contribution in [0.5, 0.6) is 5.75 Å². The van der Waals surface area contributed by atoms with Gasteiger partial charge in [0.2, 0.25) is 5.91 Å². The molecular weight excluding hydrogens is 406 g/mol. The lowest BCUT2D eigenvalue weighted by Crippen LogP contribution is -2.44. The van der Waals surface area contributed by atoms with Crippen LogP contribution in [0.4, 0.5) is 5.82 Å². The van der Waals surface area contributed by atoms with Gasteiger partial charge in [-0.2, -0.15) is 4.98 Å². The van der Waals surface area contributed by atoms with Crippen LogP contribution in [0.3, 0.4) is 0 Å². The number of nitrogens with zero attached hydrogens (tertiary/aromatic N) is 4. The summed E-state index contributed by atoms with van der Waals surface area (Å²) < 4.78 is 10.8. The Balaban J connectivity index is 1.32. The number of aromatic nitrogens is 3. The Labute approximate surface area is 187 Å². The molecule has 0 bridgehead atoms. The maximum atomic E-state index is 12.8. The molecule has 32 heavy (non-hydrogen) atoms. The zero-order chi connectivity index (χ0) is 21.9. The molecule has 8 heteroatoms. The zero-order valence-corrected chi connectivity index (χ0v) is 18.4. The first-order chi connectivity index (χ1) is 15.7. The van der Waals surface area contributed by atoms with E-state index < -0.39 is 0 Å². The zero-order valence-electron chi connectivity index (χ0n) is 18.4. The van der Waals surface area contributed by atoms with Crippen molar-refractivity contribution >= 4 is 22.8 Å². The molecule has 1 saturated carbocycles. The third kappa shape index (κ3) is 4.13. The molecule has 2 fully saturated rings. The van der Waals surface area contributed by atoms with Crippen molar-refractivity contribution in [1.82, 2.24) is 20.4 Å². The smallest absolute Gasteiger partial charge is 0.263 e. The normalized spacial score (nSPS) is 18.1. The number of piperidine rings is 1. The van der Waals surface area contributed by atoms with E-state index >= 15 is 0 Å². The fourth-order valence-corrected chi connectivity index (χ4v) is 4.88. The highest BCUT2D eigenvalue weighted by atomic mass is 16.5. The van der Waals surface area contributed by atoms with E-state index in [1.165, 1.54) is 25.6 Å². The molecule has 1 saturated heterocycles. The molecule has 2 aliphatic rings. The standard InChI is InChI=1S/C24H29N5O3/c1-31-19-9-7-16(8-10-19)21-20-22(25-15-26-24(20)32-28-21)29-13-11-17(12-14-29)23(30)27-18-5-3-2-4-6-18/h7-10,15,17-18H,2-6,11-14H2,1H3,(H,27,30). The van der Waals surface area contributed by atoms with E-state index in [0.717, 1.165) is 67.0 Å². The monoisotopic (exact) mass is 435 g/mol. The van der Waals surface area contributed by atoms with Crippen LogP contribution in [0, 0.1) is 5.92 Å². The molecule has 8 nitrogen and oxygen atoms in total. The molecule has 3 aromatic rings. The van der Waals surface area contributed by atoms with Crippen LogP contribution in [-0.2, 0) is 4.79 Å². The topological polar surface area (TPSA) is 93.4 Å². The van der Waals surface area contributed by atoms with E-state index in [1.54, 1.807) is 7.11 Å². The Bertz CT molecular complexity index is 1070. The van der Waals surface area contributed by atoms with E-state index in [2.05, 4.69) is 25.3 Å². The van der Waals surface area contributed by atoms with Crippen molar-refractivity contribution in [2.75, 3.05) is 25.1 Å². The number of methoxy groups -OCH3 is 1. The minimum absolute atomic E-state index is 0.0639. The van der Waals surface area contributed by atoms with Crippen molar-refractivity contribution in [3.63, 3.8) is 0 Å². The van der Waals surface area contributed by atoms with Crippen molar-refractivity contribution < 1.29 is 14.1 Å². The first kappa shape index (κ1) is 20.7. The Hall–Kier alpha value is -3.16. The second-order valence-corrected chi connectivity index (χ2v) is 8.74. The minimum atomic E-state index is 0.0639. The SMILES string of the molecule is COc1ccc(-c2noc3ncnc(N4CCC(C(=O)NC5CCCCC5)CC4)c23)cc1. The van der Waals surface area contributed by atoms with Crippen LogP contribution in [0.15, 0.2) is 35.1 Å². The Morgan fingerprint density at radius 1 is 1.06 bits per heavy atom. The molecule has 0 atom stereocenters. The molecule has 1 N–H and O–H groups in total. The number of benzene rings is 1. The maximum absolute atomic E-state index is 12.8. The lowest BCUT2D eigenvalue weighted by molar-refractivity contribution is -0.126. The fraction of sp³-hybridized carbons (Fsp3) is 0.500. The van der Waals surface area contributed by atoms with E-state index in [1.807, 2.05) is 24.3 Å². The summed E-state index contributed by atoms with van der Waals surface area (Å²) in [5, 5.41) is 8.37. The third-order valence-corrected chi connectivity index (χ3v) is 6.73. The van der Waals surface area contributed by atoms with Gasteiger partial charge in [0.1, 0.15) is 29.0 Å². The van der Waals surface area contributed by atoms with Gasteiger partial charge in [0.15, 0.2) is 0 Å². The molecule has 168 valence electrons. The quantitative estimate of drug-likeness (QED) is 0.648. The number of rotatable bonds is 5. The van der Waals surface area contributed by atoms with Crippen molar-refractivity contribution in [3.8, 4) is 17.0 Å². The van der Waals surface area contributed by atoms with Crippen LogP contribution in [-0.4, -0.2) is 47.3 Å². The number of hydrogen-bond acceptors (Lipinski definition) is 7. The number of hydrogen-bond donors (Lipinski definition) is 1. The van der Waals surface area contributed by atoms with Gasteiger partial charge in [-0.15, -0.1) is 0 Å². The highest BCUT2D eigenvalue weighted by molar-refractivity contribution is 5.98. The number of fused-ring (bicyclic) bond motifs is 1. The predicted octanol–water partition coefficient (Wildman–Crippen LogP) is 3.96. The molecule has 0 radical (unpaired) electrons. The van der Waals surface area contributed by atoms with Gasteiger partial charge in [-0.25, -0.2) is 4.98 Å². The molecule has 1 aliphatic heterocycles. The van der Waals surface area contributed by atoms with E-state index in [4.69, 9.17) is 9.26 Å². The second-order valence-electron chi connectivity index (χ2n) is 8.74. The summed E-state index contributed by atoms with van der Waals surface area (Å²) in [6.45, 7) is 1.53. The lowest BCUT2D eigenvalue weighted by Gasteiger charge is -2.33. The first-order valence-corrected chi connectivity index (χ1v) is 11.5. The largest absolute Gasteiger partial charge is 0.497 e. The summed E-state index contributed by atoms with van der Waals surface area (Å²) in [6.07, 6.45) is 9.11. The highest BCUT2D eigenvalue weighted by Gasteiger charge is 2.29. The summed E-state index contributed by atoms with van der Waals surface area (Å²) in [4.78, 5) is 23.8. The van der Waals surface area contributed by atoms with Crippen LogP contribution in [0.25, 0.3) is 22.4 Å². The van der Waals surface area contributed by atoms with E-state index in [0.29, 0.717) is 11.8 Å². The second kappa shape index (κ2) is 9.14. The van der Waals surface area contributed by atoms with Gasteiger partial charge in [0, 0.05) is 30.6 Å². The van der Waals surface area contributed by atoms with Crippen LogP contribution in [0.2, 0.25) is 0 Å². The summed E-state index contributed by atoms with van der Waals surface area (Å²) in [5.41, 5.74) is 2.11. The Morgan fingerprint density at radius 3 is 2.53 bits per heavy atom. The number of amides is 1. The molecular formula is C24H29N5O3. The van der Waals surface area contributed by atoms with E-state index in [9.17, 15) is 4.79 Å². The van der Waals surface area contributed by atoms with E-state index in [-0.39, 0.29) is 11.8 Å². The number of nitrogens with one attached hydrogen (secondary N) is 1. The number of carbonyl (C=O) groups excluding carboxylic acids is 1. The molecule has 1 amide bonds. The molecule has 1 aliphatic carbocycles. The summed E-state index contributed by atoms with van der Waals surface area (Å²) >= 11 is 0. The number of anilines is 1. The van der Waals surface area contributed by atoms with Crippen molar-refractivity contribution in [2.24, 2.45) is 5.92 Å². The fourth-order valence-electron chi connectivity index (χ4n) is 4.88. The van der Waals surface area contributed by atoms with Gasteiger partial charge >= 0.3 is 0 Å². The molecule has 0 spiro atoms. The molecule has 2 aromatic heterocycles. The van der Waals surface area contributed by atoms with Crippen LogP contribution >= 0.6 is 0 Å². The maximum Gasteiger partial charge on any atom is 0.263 e. The molecule has 1 aromatic carbocycles.